The number of hydrogen-bond donors (Lipinski definition) is 0. The van der Waals surface area contributed by atoms with Gasteiger partial charge in [-0.2, -0.15) is 0 Å². The van der Waals surface area contributed by atoms with Crippen LogP contribution in [0.4, 0.5) is 17.1 Å². The van der Waals surface area contributed by atoms with Crippen molar-refractivity contribution in [3.8, 4) is 28.1 Å². The van der Waals surface area contributed by atoms with E-state index in [1.807, 2.05) is 6.20 Å². The van der Waals surface area contributed by atoms with Gasteiger partial charge in [0.25, 0.3) is 0 Å². The molecule has 10 aromatic rings. The Labute approximate surface area is 364 Å². The molecule has 62 heavy (non-hydrogen) atoms. The third-order valence-corrected chi connectivity index (χ3v) is 17.6. The first kappa shape index (κ1) is 37.5. The fourth-order valence-corrected chi connectivity index (χ4v) is 14.7. The van der Waals surface area contributed by atoms with E-state index in [1.54, 1.807) is 0 Å². The first-order valence-corrected chi connectivity index (χ1v) is 23.6. The normalized spacial score (nSPS) is 12.7. The summed E-state index contributed by atoms with van der Waals surface area (Å²) in [5.41, 5.74) is 10.7. The van der Waals surface area contributed by atoms with Crippen LogP contribution >= 0.6 is 0 Å². The molecule has 0 atom stereocenters. The molecule has 4 nitrogen and oxygen atoms in total. The maximum absolute atomic E-state index is 5.13. The van der Waals surface area contributed by atoms with Gasteiger partial charge in [-0.15, -0.1) is 0 Å². The lowest BCUT2D eigenvalue weighted by molar-refractivity contribution is 0.709. The number of nitrogens with zero attached hydrogens (tertiary/aromatic N) is 4. The van der Waals surface area contributed by atoms with Crippen LogP contribution in [0.25, 0.3) is 49.9 Å². The Kier molecular flexibility index (Phi) is 9.40. The van der Waals surface area contributed by atoms with Crippen molar-refractivity contribution in [2.75, 3.05) is 16.5 Å². The highest BCUT2D eigenvalue weighted by atomic mass is 28.3. The lowest BCUT2D eigenvalue weighted by Crippen LogP contribution is -2.74. The molecule has 0 amide bonds. The van der Waals surface area contributed by atoms with E-state index >= 15 is 0 Å². The summed E-state index contributed by atoms with van der Waals surface area (Å²) in [6.45, 7) is 5.37. The Morgan fingerprint density at radius 3 is 1.76 bits per heavy atom. The molecule has 0 aliphatic carbocycles. The highest BCUT2D eigenvalue weighted by Gasteiger charge is 2.42. The molecule has 2 aromatic heterocycles. The number of aromatic nitrogens is 2. The van der Waals surface area contributed by atoms with Crippen molar-refractivity contribution in [3.05, 3.63) is 225 Å². The summed E-state index contributed by atoms with van der Waals surface area (Å²) in [5.74, 6) is 0.893. The maximum atomic E-state index is 5.13. The van der Waals surface area contributed by atoms with Crippen molar-refractivity contribution in [2.45, 2.75) is 19.9 Å². The SMILES string of the molecule is CC(C)N1CN(c2cccc([Si](c3ccccc3)(c3ccccc3)c3ccc4c5ccccc5n(-c5cc(-c6ccccc6-c6ccccc6)ccn5)c4c3)c2)c2ccccc21. The predicted molar refractivity (Wildman–Crippen MR) is 264 cm³/mol. The van der Waals surface area contributed by atoms with Gasteiger partial charge in [-0.05, 0) is 105 Å². The van der Waals surface area contributed by atoms with Crippen molar-refractivity contribution >= 4 is 67.7 Å². The largest absolute Gasteiger partial charge is 0.349 e. The molecule has 8 aromatic carbocycles. The van der Waals surface area contributed by atoms with E-state index in [0.29, 0.717) is 6.04 Å². The first-order chi connectivity index (χ1) is 30.6. The monoisotopic (exact) mass is 814 g/mol. The summed E-state index contributed by atoms with van der Waals surface area (Å²) < 4.78 is 2.38. The Hall–Kier alpha value is -7.47. The van der Waals surface area contributed by atoms with E-state index in [2.05, 4.69) is 247 Å². The second-order valence-electron chi connectivity index (χ2n) is 16.6. The van der Waals surface area contributed by atoms with Crippen LogP contribution in [-0.4, -0.2) is 30.3 Å². The van der Waals surface area contributed by atoms with Crippen molar-refractivity contribution in [3.63, 3.8) is 0 Å². The molecule has 0 unspecified atom stereocenters. The highest BCUT2D eigenvalue weighted by Crippen LogP contribution is 2.41. The van der Waals surface area contributed by atoms with Gasteiger partial charge in [0.05, 0.1) is 29.1 Å². The number of hydrogen-bond acceptors (Lipinski definition) is 3. The van der Waals surface area contributed by atoms with Crippen molar-refractivity contribution in [2.24, 2.45) is 0 Å². The van der Waals surface area contributed by atoms with Crippen LogP contribution < -0.4 is 30.5 Å². The maximum Gasteiger partial charge on any atom is 0.179 e. The number of para-hydroxylation sites is 3. The number of benzene rings is 8. The van der Waals surface area contributed by atoms with Gasteiger partial charge >= 0.3 is 0 Å². The van der Waals surface area contributed by atoms with Gasteiger partial charge in [0.15, 0.2) is 8.07 Å². The molecule has 1 aliphatic rings. The third-order valence-electron chi connectivity index (χ3n) is 12.8. The number of pyridine rings is 1. The topological polar surface area (TPSA) is 24.3 Å². The summed E-state index contributed by atoms with van der Waals surface area (Å²) in [7, 11) is -2.99. The van der Waals surface area contributed by atoms with Crippen molar-refractivity contribution in [1.82, 2.24) is 9.55 Å². The first-order valence-electron chi connectivity index (χ1n) is 21.6. The summed E-state index contributed by atoms with van der Waals surface area (Å²) in [6.07, 6.45) is 1.96. The van der Waals surface area contributed by atoms with Crippen LogP contribution in [0.1, 0.15) is 13.8 Å². The van der Waals surface area contributed by atoms with E-state index in [1.165, 1.54) is 65.3 Å². The fourth-order valence-electron chi connectivity index (χ4n) is 9.95. The summed E-state index contributed by atoms with van der Waals surface area (Å²) in [5, 5.41) is 7.76. The lowest BCUT2D eigenvalue weighted by Gasteiger charge is -2.35. The van der Waals surface area contributed by atoms with Gasteiger partial charge < -0.3 is 9.80 Å². The molecule has 0 saturated heterocycles. The predicted octanol–water partition coefficient (Wildman–Crippen LogP) is 11.2. The standard InChI is InChI=1S/C57H46N4Si/c1-41(2)59-40-60(55-32-17-16-31-54(55)59)44-21-18-26-47(38-44)62(45-22-8-4-9-23-45,46-24-10-5-11-25-46)48-33-34-52-51-29-14-15-30-53(51)61(56(52)39-48)57-37-43(35-36-58-57)50-28-13-12-27-49(50)42-19-6-3-7-20-42/h3-39,41H,40H2,1-2H3. The Morgan fingerprint density at radius 1 is 0.452 bits per heavy atom. The molecular weight excluding hydrogens is 769 g/mol. The van der Waals surface area contributed by atoms with Gasteiger partial charge in [-0.3, -0.25) is 4.57 Å². The third kappa shape index (κ3) is 6.15. The molecule has 0 spiro atoms. The number of anilines is 3. The minimum Gasteiger partial charge on any atom is -0.349 e. The van der Waals surface area contributed by atoms with Crippen molar-refractivity contribution in [1.29, 1.82) is 0 Å². The lowest BCUT2D eigenvalue weighted by atomic mass is 9.95. The van der Waals surface area contributed by atoms with E-state index < -0.39 is 8.07 Å². The fraction of sp³-hybridized carbons (Fsp3) is 0.0702. The van der Waals surface area contributed by atoms with Gasteiger partial charge in [-0.1, -0.05) is 170 Å². The van der Waals surface area contributed by atoms with Gasteiger partial charge in [0.1, 0.15) is 5.82 Å². The minimum atomic E-state index is -2.99. The second kappa shape index (κ2) is 15.5. The van der Waals surface area contributed by atoms with Crippen LogP contribution in [0.15, 0.2) is 225 Å². The zero-order valence-corrected chi connectivity index (χ0v) is 35.9. The summed E-state index contributed by atoms with van der Waals surface area (Å²) in [4.78, 5) is 10.1. The van der Waals surface area contributed by atoms with Crippen LogP contribution in [0.3, 0.4) is 0 Å². The summed E-state index contributed by atoms with van der Waals surface area (Å²) >= 11 is 0. The van der Waals surface area contributed by atoms with E-state index in [4.69, 9.17) is 4.98 Å². The molecule has 0 radical (unpaired) electrons. The average Bonchev–Trinajstić information content (AvgIpc) is 3.90. The van der Waals surface area contributed by atoms with E-state index in [9.17, 15) is 0 Å². The highest BCUT2D eigenvalue weighted by molar-refractivity contribution is 7.20. The Balaban J connectivity index is 1.15. The van der Waals surface area contributed by atoms with Crippen LogP contribution in [-0.2, 0) is 0 Å². The molecule has 0 saturated carbocycles. The zero-order chi connectivity index (χ0) is 41.6. The van der Waals surface area contributed by atoms with Crippen LogP contribution in [0, 0.1) is 0 Å². The summed E-state index contributed by atoms with van der Waals surface area (Å²) in [6, 6.07) is 81.0. The van der Waals surface area contributed by atoms with Gasteiger partial charge in [0, 0.05) is 28.7 Å². The van der Waals surface area contributed by atoms with Gasteiger partial charge in [-0.25, -0.2) is 4.98 Å². The molecule has 5 heteroatoms. The van der Waals surface area contributed by atoms with Crippen LogP contribution in [0.2, 0.25) is 0 Å². The second-order valence-corrected chi connectivity index (χ2v) is 20.4. The minimum absolute atomic E-state index is 0.374. The molecule has 1 aliphatic heterocycles. The molecular formula is C57H46N4Si. The zero-order valence-electron chi connectivity index (χ0n) is 34.9. The molecule has 0 fully saturated rings. The van der Waals surface area contributed by atoms with Crippen molar-refractivity contribution < 1.29 is 0 Å². The van der Waals surface area contributed by atoms with E-state index in [0.717, 1.165) is 29.1 Å². The quantitative estimate of drug-likeness (QED) is 0.107. The molecule has 3 heterocycles. The van der Waals surface area contributed by atoms with E-state index in [-0.39, 0.29) is 0 Å². The Morgan fingerprint density at radius 2 is 1.03 bits per heavy atom. The Bertz CT molecular complexity index is 3170. The molecule has 11 rings (SSSR count). The van der Waals surface area contributed by atoms with Gasteiger partial charge in [0.2, 0.25) is 0 Å². The number of rotatable bonds is 9. The average molecular weight is 815 g/mol. The molecule has 0 bridgehead atoms. The van der Waals surface area contributed by atoms with Crippen LogP contribution in [0.5, 0.6) is 0 Å². The smallest absolute Gasteiger partial charge is 0.179 e. The molecule has 0 N–H and O–H groups in total. The number of fused-ring (bicyclic) bond motifs is 4. The molecule has 298 valence electrons.